The number of aliphatic hydroxyl groups is 2. The Morgan fingerprint density at radius 3 is 2.22 bits per heavy atom. The molecule has 3 heterocycles. The van der Waals surface area contributed by atoms with Crippen molar-refractivity contribution in [1.29, 1.82) is 0 Å². The van der Waals surface area contributed by atoms with Crippen LogP contribution in [-0.4, -0.2) is 95.4 Å². The molecule has 14 heteroatoms. The highest BCUT2D eigenvalue weighted by atomic mass is 16.7. The molecular weight excluding hydrogens is 704 g/mol. The molecule has 0 aromatic rings. The number of esters is 5. The van der Waals surface area contributed by atoms with Gasteiger partial charge >= 0.3 is 35.6 Å². The number of fused-ring (bicyclic) bond motifs is 9. The molecule has 0 radical (unpaired) electrons. The van der Waals surface area contributed by atoms with Crippen LogP contribution in [0.3, 0.4) is 0 Å². The van der Waals surface area contributed by atoms with Crippen LogP contribution in [0, 0.1) is 46.3 Å². The number of hydrogen-bond donors (Lipinski definition) is 2. The number of carbonyl (C=O) groups is 6. The van der Waals surface area contributed by atoms with Gasteiger partial charge in [-0.15, -0.1) is 0 Å². The van der Waals surface area contributed by atoms with Gasteiger partial charge in [0.25, 0.3) is 0 Å². The summed E-state index contributed by atoms with van der Waals surface area (Å²) in [6.07, 6.45) is 2.05. The molecule has 0 aromatic carbocycles. The largest absolute Gasteiger partial charge is 0.461 e. The summed E-state index contributed by atoms with van der Waals surface area (Å²) in [5, 5.41) is 25.9. The second-order valence-corrected chi connectivity index (χ2v) is 17.6. The molecule has 5 fully saturated rings. The zero-order chi connectivity index (χ0) is 38.3. The number of cyclic esters (lactones) is 3. The second kappa shape index (κ2) is 10.2. The summed E-state index contributed by atoms with van der Waals surface area (Å²) in [6.45, 7) is 5.77. The van der Waals surface area contributed by atoms with Crippen LogP contribution in [-0.2, 0) is 57.2 Å². The van der Waals surface area contributed by atoms with E-state index >= 15 is 0 Å². The topological polar surface area (TPSA) is 198 Å². The molecule has 286 valence electrons. The molecule has 2 bridgehead atoms. The van der Waals surface area contributed by atoms with Crippen LogP contribution >= 0.6 is 0 Å². The first-order valence-corrected chi connectivity index (χ1v) is 18.8. The molecule has 3 aliphatic heterocycles. The lowest BCUT2D eigenvalue weighted by Crippen LogP contribution is -2.68. The fourth-order valence-electron chi connectivity index (χ4n) is 13.1. The summed E-state index contributed by atoms with van der Waals surface area (Å²) in [5.74, 6) is -8.69. The Kier molecular flexibility index (Phi) is 6.48. The number of Topliss-reactive ketones (excluding diaryl/α,β-unsaturated/α-hetero) is 1. The number of rotatable bonds is 1. The van der Waals surface area contributed by atoms with E-state index in [1.165, 1.54) is 27.0 Å². The summed E-state index contributed by atoms with van der Waals surface area (Å²) < 4.78 is 35.2. The van der Waals surface area contributed by atoms with Gasteiger partial charge in [-0.3, -0.25) is 14.4 Å². The van der Waals surface area contributed by atoms with Gasteiger partial charge in [-0.05, 0) is 92.8 Å². The Hall–Kier alpha value is -4.14. The average molecular weight is 747 g/mol. The van der Waals surface area contributed by atoms with Gasteiger partial charge < -0.3 is 38.6 Å². The fraction of sp³-hybridized carbons (Fsp3) is 0.650. The number of ether oxygens (including phenoxy) is 6. The highest BCUT2D eigenvalue weighted by molar-refractivity contribution is 6.10. The van der Waals surface area contributed by atoms with Crippen LogP contribution in [0.25, 0.3) is 0 Å². The molecule has 0 amide bonds. The van der Waals surface area contributed by atoms with Gasteiger partial charge in [-0.25, -0.2) is 14.4 Å². The van der Waals surface area contributed by atoms with E-state index in [2.05, 4.69) is 0 Å². The van der Waals surface area contributed by atoms with Gasteiger partial charge in [0, 0.05) is 41.2 Å². The number of carbonyl (C=O) groups excluding carboxylic acids is 6. The first-order chi connectivity index (χ1) is 25.5. The van der Waals surface area contributed by atoms with Crippen LogP contribution in [0.15, 0.2) is 45.1 Å². The summed E-state index contributed by atoms with van der Waals surface area (Å²) in [5.41, 5.74) is -5.35. The van der Waals surface area contributed by atoms with Gasteiger partial charge in [0.2, 0.25) is 5.78 Å². The molecule has 5 saturated carbocycles. The van der Waals surface area contributed by atoms with E-state index in [1.807, 2.05) is 6.92 Å². The molecule has 10 aliphatic rings. The maximum Gasteiger partial charge on any atom is 0.338 e. The van der Waals surface area contributed by atoms with Crippen molar-refractivity contribution in [3.8, 4) is 0 Å². The van der Waals surface area contributed by atoms with E-state index < -0.39 is 87.5 Å². The second-order valence-electron chi connectivity index (χ2n) is 17.6. The maximum atomic E-state index is 14.9. The summed E-state index contributed by atoms with van der Waals surface area (Å²) >= 11 is 0. The lowest BCUT2D eigenvalue weighted by molar-refractivity contribution is -0.209. The first-order valence-electron chi connectivity index (χ1n) is 18.8. The predicted octanol–water partition coefficient (Wildman–Crippen LogP) is 1.86. The molecule has 0 saturated heterocycles. The maximum absolute atomic E-state index is 14.9. The molecule has 2 unspecified atom stereocenters. The van der Waals surface area contributed by atoms with Gasteiger partial charge in [0.15, 0.2) is 5.60 Å². The van der Waals surface area contributed by atoms with Crippen LogP contribution in [0.2, 0.25) is 0 Å². The Bertz CT molecular complexity index is 2090. The van der Waals surface area contributed by atoms with Crippen molar-refractivity contribution < 1.29 is 67.4 Å². The van der Waals surface area contributed by atoms with Crippen molar-refractivity contribution in [2.24, 2.45) is 46.3 Å². The minimum atomic E-state index is -2.16. The van der Waals surface area contributed by atoms with E-state index in [1.54, 1.807) is 6.92 Å². The molecule has 1 spiro atoms. The Morgan fingerprint density at radius 2 is 1.50 bits per heavy atom. The molecule has 12 atom stereocenters. The van der Waals surface area contributed by atoms with E-state index in [0.29, 0.717) is 29.6 Å². The molecule has 0 aromatic heterocycles. The summed E-state index contributed by atoms with van der Waals surface area (Å²) in [4.78, 5) is 81.5. The van der Waals surface area contributed by atoms with E-state index in [-0.39, 0.29) is 84.9 Å². The zero-order valence-electron chi connectivity index (χ0n) is 30.7. The first kappa shape index (κ1) is 34.4. The Balaban J connectivity index is 1.22. The number of ketones is 1. The van der Waals surface area contributed by atoms with Crippen molar-refractivity contribution >= 4 is 35.6 Å². The van der Waals surface area contributed by atoms with Gasteiger partial charge in [0.05, 0.1) is 29.4 Å². The minimum Gasteiger partial charge on any atom is -0.461 e. The Morgan fingerprint density at radius 1 is 0.796 bits per heavy atom. The van der Waals surface area contributed by atoms with Crippen molar-refractivity contribution in [3.63, 3.8) is 0 Å². The van der Waals surface area contributed by atoms with Gasteiger partial charge in [0.1, 0.15) is 25.4 Å². The van der Waals surface area contributed by atoms with E-state index in [0.717, 1.165) is 0 Å². The molecule has 2 N–H and O–H groups in total. The minimum absolute atomic E-state index is 0.0320. The third kappa shape index (κ3) is 3.64. The smallest absolute Gasteiger partial charge is 0.338 e. The molecule has 10 rings (SSSR count). The van der Waals surface area contributed by atoms with Crippen molar-refractivity contribution in [3.05, 3.63) is 45.1 Å². The fourth-order valence-corrected chi connectivity index (χ4v) is 13.1. The summed E-state index contributed by atoms with van der Waals surface area (Å²) in [6, 6.07) is 0. The van der Waals surface area contributed by atoms with E-state index in [4.69, 9.17) is 28.4 Å². The van der Waals surface area contributed by atoms with Crippen molar-refractivity contribution in [2.75, 3.05) is 26.9 Å². The van der Waals surface area contributed by atoms with Crippen LogP contribution in [0.1, 0.15) is 66.2 Å². The molecule has 54 heavy (non-hydrogen) atoms. The molecular formula is C40H42O14. The Labute approximate surface area is 309 Å². The number of hydrogen-bond acceptors (Lipinski definition) is 14. The zero-order valence-corrected chi connectivity index (χ0v) is 30.7. The van der Waals surface area contributed by atoms with E-state index in [9.17, 15) is 39.0 Å². The standard InChI is InChI=1S/C40H42O14/c1-16-8-9-50-26(41)6-7-27(42)51-14-18-19-12-24-35(3,20-10-23(20)38(24,48)15-52-31(16)43)25-13-37(47)22-11-21(22)36(4)30(37)29(39(19,25)53-33(18)45)28-17(2)32(44)54-40(28,49-5)34(36)46/h8,20-25,47-48H,6-7,9-15H2,1-5H3/b16-8+/t20-,21-,22+,23+,24?,25+,35+,36+,37+,38+,39?,40+/m1/s1. The highest BCUT2D eigenvalue weighted by Gasteiger charge is 2.88. The quantitative estimate of drug-likeness (QED) is 0.291. The van der Waals surface area contributed by atoms with Gasteiger partial charge in [-0.1, -0.05) is 6.92 Å². The lowest BCUT2D eigenvalue weighted by atomic mass is 9.42. The summed E-state index contributed by atoms with van der Waals surface area (Å²) in [7, 11) is 1.29. The number of methoxy groups -OCH3 is 1. The van der Waals surface area contributed by atoms with Crippen molar-refractivity contribution in [2.45, 2.75) is 88.8 Å². The third-order valence-corrected chi connectivity index (χ3v) is 15.6. The van der Waals surface area contributed by atoms with Crippen LogP contribution in [0.5, 0.6) is 0 Å². The third-order valence-electron chi connectivity index (χ3n) is 15.6. The molecule has 7 aliphatic carbocycles. The van der Waals surface area contributed by atoms with Crippen LogP contribution in [0.4, 0.5) is 0 Å². The van der Waals surface area contributed by atoms with Crippen molar-refractivity contribution in [1.82, 2.24) is 0 Å². The highest BCUT2D eigenvalue weighted by Crippen LogP contribution is 2.84. The molecule has 14 nitrogen and oxygen atoms in total. The lowest BCUT2D eigenvalue weighted by Gasteiger charge is -2.63. The monoisotopic (exact) mass is 746 g/mol. The average Bonchev–Trinajstić information content (AvgIpc) is 4.04. The normalized spacial score (nSPS) is 49.6. The predicted molar refractivity (Wildman–Crippen MR) is 178 cm³/mol. The van der Waals surface area contributed by atoms with Crippen LogP contribution < -0.4 is 0 Å². The SMILES string of the molecule is CO[C@]12OC(=O)C(C)=C1C1=C3[C@@](C)(C2=O)[C@@H]2C[C@@H]2[C@@]3(O)C[C@@H]2C13OC(=O)C1=C3CC3[C@]2(C)[C@@H]2C[C@@H]2[C@@]3(O)COC(=O)/C(C)=C/COC(=O)CCC(=O)OC1. The van der Waals surface area contributed by atoms with Gasteiger partial charge in [-0.2, -0.15) is 0 Å².